The molecule has 1 amide bonds. The van der Waals surface area contributed by atoms with Gasteiger partial charge in [-0.1, -0.05) is 23.1 Å². The van der Waals surface area contributed by atoms with Crippen LogP contribution in [0.5, 0.6) is 11.5 Å². The van der Waals surface area contributed by atoms with Crippen molar-refractivity contribution in [3.63, 3.8) is 0 Å². The van der Waals surface area contributed by atoms with Crippen molar-refractivity contribution >= 4 is 55.4 Å². The van der Waals surface area contributed by atoms with E-state index in [1.165, 1.54) is 29.4 Å². The average Bonchev–Trinajstić information content (AvgIpc) is 3.46. The summed E-state index contributed by atoms with van der Waals surface area (Å²) in [7, 11) is 3.24. The first-order valence-electron chi connectivity index (χ1n) is 9.85. The Balaban J connectivity index is 1.30. The van der Waals surface area contributed by atoms with Crippen LogP contribution in [0.15, 0.2) is 60.0 Å². The highest BCUT2D eigenvalue weighted by atomic mass is 32.2. The van der Waals surface area contributed by atoms with Crippen LogP contribution in [-0.4, -0.2) is 50.6 Å². The molecule has 0 saturated carbocycles. The monoisotopic (exact) mass is 478 g/mol. The van der Waals surface area contributed by atoms with E-state index < -0.39 is 0 Å². The third kappa shape index (κ3) is 4.32. The van der Waals surface area contributed by atoms with Crippen LogP contribution >= 0.6 is 23.1 Å². The molecule has 0 unspecified atom stereocenters. The van der Waals surface area contributed by atoms with Gasteiger partial charge in [0.2, 0.25) is 5.91 Å². The maximum atomic E-state index is 12.5. The molecule has 166 valence electrons. The number of hydrogen-bond acceptors (Lipinski definition) is 9. The summed E-state index contributed by atoms with van der Waals surface area (Å²) >= 11 is 2.73. The van der Waals surface area contributed by atoms with E-state index in [1.807, 2.05) is 42.5 Å². The Labute approximate surface area is 196 Å². The third-order valence-corrected chi connectivity index (χ3v) is 6.77. The van der Waals surface area contributed by atoms with Gasteiger partial charge in [0.25, 0.3) is 0 Å². The Hall–Kier alpha value is -3.70. The third-order valence-electron chi connectivity index (χ3n) is 4.83. The number of carbonyl (C=O) groups is 1. The van der Waals surface area contributed by atoms with Crippen molar-refractivity contribution in [2.45, 2.75) is 5.03 Å². The molecule has 0 aliphatic heterocycles. The van der Waals surface area contributed by atoms with Crippen LogP contribution in [0.2, 0.25) is 0 Å². The standard InChI is InChI=1S/C22H18N6O3S2/c1-30-14-5-3-13(4-6-14)28-20-16(10-25-28)21(24-12-23-20)32-11-19(29)27-22-26-17-8-7-15(31-2)9-18(17)33-22/h3-10,12H,11H2,1-2H3,(H,26,27,29). The first-order valence-corrected chi connectivity index (χ1v) is 11.6. The summed E-state index contributed by atoms with van der Waals surface area (Å²) < 4.78 is 13.1. The van der Waals surface area contributed by atoms with Crippen LogP contribution in [-0.2, 0) is 4.79 Å². The summed E-state index contributed by atoms with van der Waals surface area (Å²) in [6.07, 6.45) is 3.19. The largest absolute Gasteiger partial charge is 0.497 e. The number of anilines is 1. The van der Waals surface area contributed by atoms with Crippen LogP contribution in [0.1, 0.15) is 0 Å². The Kier molecular flexibility index (Phi) is 5.80. The minimum atomic E-state index is -0.166. The highest BCUT2D eigenvalue weighted by Crippen LogP contribution is 2.30. The fourth-order valence-electron chi connectivity index (χ4n) is 3.22. The van der Waals surface area contributed by atoms with E-state index in [1.54, 1.807) is 25.1 Å². The topological polar surface area (TPSA) is 104 Å². The number of amides is 1. The second kappa shape index (κ2) is 9.04. The smallest absolute Gasteiger partial charge is 0.236 e. The van der Waals surface area contributed by atoms with Gasteiger partial charge in [0.15, 0.2) is 10.8 Å². The molecule has 0 aliphatic carbocycles. The van der Waals surface area contributed by atoms with Gasteiger partial charge < -0.3 is 14.8 Å². The maximum absolute atomic E-state index is 12.5. The fraction of sp³-hybridized carbons (Fsp3) is 0.136. The molecule has 0 fully saturated rings. The Bertz CT molecular complexity index is 1450. The summed E-state index contributed by atoms with van der Waals surface area (Å²) in [4.78, 5) is 25.7. The number of fused-ring (bicyclic) bond motifs is 2. The van der Waals surface area contributed by atoms with Gasteiger partial charge in [-0.3, -0.25) is 4.79 Å². The molecule has 0 spiro atoms. The predicted molar refractivity (Wildman–Crippen MR) is 129 cm³/mol. The number of thioether (sulfide) groups is 1. The molecule has 0 atom stereocenters. The van der Waals surface area contributed by atoms with Gasteiger partial charge in [-0.2, -0.15) is 5.10 Å². The predicted octanol–water partition coefficient (Wildman–Crippen LogP) is 4.17. The van der Waals surface area contributed by atoms with Crippen molar-refractivity contribution in [1.82, 2.24) is 24.7 Å². The van der Waals surface area contributed by atoms with E-state index in [0.717, 1.165) is 32.8 Å². The number of ether oxygens (including phenoxy) is 2. The molecule has 3 heterocycles. The molecule has 9 nitrogen and oxygen atoms in total. The van der Waals surface area contributed by atoms with E-state index in [2.05, 4.69) is 25.4 Å². The number of carbonyl (C=O) groups excluding carboxylic acids is 1. The first kappa shape index (κ1) is 21.2. The Morgan fingerprint density at radius 3 is 2.67 bits per heavy atom. The van der Waals surface area contributed by atoms with E-state index in [9.17, 15) is 4.79 Å². The summed E-state index contributed by atoms with van der Waals surface area (Å²) in [6.45, 7) is 0. The van der Waals surface area contributed by atoms with E-state index in [-0.39, 0.29) is 11.7 Å². The molecule has 3 aromatic heterocycles. The zero-order valence-corrected chi connectivity index (χ0v) is 19.3. The van der Waals surface area contributed by atoms with Crippen molar-refractivity contribution in [2.24, 2.45) is 0 Å². The lowest BCUT2D eigenvalue weighted by Gasteiger charge is -2.05. The summed E-state index contributed by atoms with van der Waals surface area (Å²) in [6, 6.07) is 13.1. The number of hydrogen-bond donors (Lipinski definition) is 1. The molecule has 33 heavy (non-hydrogen) atoms. The zero-order valence-electron chi connectivity index (χ0n) is 17.7. The van der Waals surface area contributed by atoms with Crippen LogP contribution < -0.4 is 14.8 Å². The number of benzene rings is 2. The molecule has 11 heteroatoms. The van der Waals surface area contributed by atoms with Gasteiger partial charge in [-0.25, -0.2) is 19.6 Å². The highest BCUT2D eigenvalue weighted by Gasteiger charge is 2.14. The second-order valence-electron chi connectivity index (χ2n) is 6.86. The van der Waals surface area contributed by atoms with Gasteiger partial charge in [0.1, 0.15) is 22.9 Å². The van der Waals surface area contributed by atoms with Crippen LogP contribution in [0, 0.1) is 0 Å². The van der Waals surface area contributed by atoms with Crippen molar-refractivity contribution in [3.05, 3.63) is 55.0 Å². The molecular formula is C22H18N6O3S2. The summed E-state index contributed by atoms with van der Waals surface area (Å²) in [5.74, 6) is 1.53. The quantitative estimate of drug-likeness (QED) is 0.275. The van der Waals surface area contributed by atoms with E-state index >= 15 is 0 Å². The van der Waals surface area contributed by atoms with Gasteiger partial charge >= 0.3 is 0 Å². The molecule has 5 aromatic rings. The first-order chi connectivity index (χ1) is 16.1. The minimum Gasteiger partial charge on any atom is -0.497 e. The van der Waals surface area contributed by atoms with Crippen LogP contribution in [0.25, 0.3) is 26.9 Å². The van der Waals surface area contributed by atoms with Gasteiger partial charge in [0.05, 0.1) is 47.5 Å². The average molecular weight is 479 g/mol. The lowest BCUT2D eigenvalue weighted by molar-refractivity contribution is -0.113. The molecule has 1 N–H and O–H groups in total. The number of rotatable bonds is 7. The van der Waals surface area contributed by atoms with E-state index in [4.69, 9.17) is 9.47 Å². The SMILES string of the molecule is COc1ccc(-n2ncc3c(SCC(=O)Nc4nc5ccc(OC)cc5s4)ncnc32)cc1. The second-order valence-corrected chi connectivity index (χ2v) is 8.85. The van der Waals surface area contributed by atoms with Crippen molar-refractivity contribution in [3.8, 4) is 17.2 Å². The summed E-state index contributed by atoms with van der Waals surface area (Å²) in [5.41, 5.74) is 2.33. The zero-order chi connectivity index (χ0) is 22.8. The molecule has 0 radical (unpaired) electrons. The molecule has 0 saturated heterocycles. The number of methoxy groups -OCH3 is 2. The van der Waals surface area contributed by atoms with Crippen molar-refractivity contribution in [2.75, 3.05) is 25.3 Å². The van der Waals surface area contributed by atoms with Gasteiger partial charge in [-0.15, -0.1) is 0 Å². The molecule has 5 rings (SSSR count). The lowest BCUT2D eigenvalue weighted by Crippen LogP contribution is -2.13. The summed E-state index contributed by atoms with van der Waals surface area (Å²) in [5, 5.41) is 9.32. The maximum Gasteiger partial charge on any atom is 0.236 e. The van der Waals surface area contributed by atoms with Crippen molar-refractivity contribution in [1.29, 1.82) is 0 Å². The van der Waals surface area contributed by atoms with Gasteiger partial charge in [0, 0.05) is 0 Å². The normalized spacial score (nSPS) is 11.1. The number of nitrogens with zero attached hydrogens (tertiary/aromatic N) is 5. The Morgan fingerprint density at radius 2 is 1.88 bits per heavy atom. The fourth-order valence-corrected chi connectivity index (χ4v) is 4.90. The molecule has 2 aromatic carbocycles. The van der Waals surface area contributed by atoms with E-state index in [0.29, 0.717) is 15.8 Å². The van der Waals surface area contributed by atoms with Crippen LogP contribution in [0.3, 0.4) is 0 Å². The molecule has 0 aliphatic rings. The van der Waals surface area contributed by atoms with Crippen molar-refractivity contribution < 1.29 is 14.3 Å². The molecular weight excluding hydrogens is 460 g/mol. The lowest BCUT2D eigenvalue weighted by atomic mass is 10.3. The number of aromatic nitrogens is 5. The van der Waals surface area contributed by atoms with Crippen LogP contribution in [0.4, 0.5) is 5.13 Å². The Morgan fingerprint density at radius 1 is 1.09 bits per heavy atom. The molecule has 0 bridgehead atoms. The highest BCUT2D eigenvalue weighted by molar-refractivity contribution is 8.00. The number of nitrogens with one attached hydrogen (secondary N) is 1. The van der Waals surface area contributed by atoms with Gasteiger partial charge in [-0.05, 0) is 42.5 Å². The minimum absolute atomic E-state index is 0.166. The number of thiazole rings is 1.